The van der Waals surface area contributed by atoms with Crippen molar-refractivity contribution >= 4 is 29.1 Å². The summed E-state index contributed by atoms with van der Waals surface area (Å²) in [5, 5.41) is 14.7. The Morgan fingerprint density at radius 1 is 1.19 bits per heavy atom. The van der Waals surface area contributed by atoms with Gasteiger partial charge < -0.3 is 15.3 Å². The third kappa shape index (κ3) is 4.62. The molecular weight excluding hydrogens is 288 g/mol. The van der Waals surface area contributed by atoms with Crippen molar-refractivity contribution < 1.29 is 9.90 Å². The number of halogens is 1. The molecule has 114 valence electrons. The Hall–Kier alpha value is -1.78. The Labute approximate surface area is 131 Å². The molecule has 0 aliphatic rings. The van der Waals surface area contributed by atoms with Crippen molar-refractivity contribution in [2.75, 3.05) is 27.2 Å². The van der Waals surface area contributed by atoms with Crippen molar-refractivity contribution in [3.8, 4) is 5.75 Å². The molecule has 5 heteroatoms. The number of benzene rings is 2. The average molecular weight is 309 g/mol. The van der Waals surface area contributed by atoms with E-state index in [2.05, 4.69) is 10.2 Å². The maximum absolute atomic E-state index is 12.1. The molecule has 2 aromatic carbocycles. The predicted octanol–water partition coefficient (Wildman–Crippen LogP) is 2.65. The van der Waals surface area contributed by atoms with Gasteiger partial charge in [-0.1, -0.05) is 24.3 Å². The highest BCUT2D eigenvalue weighted by molar-refractivity contribution is 6.01. The van der Waals surface area contributed by atoms with Gasteiger partial charge >= 0.3 is 0 Å². The van der Waals surface area contributed by atoms with Gasteiger partial charge in [-0.05, 0) is 50.0 Å². The zero-order valence-corrected chi connectivity index (χ0v) is 13.1. The first-order valence-corrected chi connectivity index (χ1v) is 6.72. The molecular formula is C16H21ClN2O2. The van der Waals surface area contributed by atoms with E-state index in [1.165, 1.54) is 0 Å². The molecule has 2 N–H and O–H groups in total. The molecule has 0 fully saturated rings. The van der Waals surface area contributed by atoms with E-state index in [1.54, 1.807) is 12.1 Å². The van der Waals surface area contributed by atoms with Crippen molar-refractivity contribution in [1.29, 1.82) is 0 Å². The van der Waals surface area contributed by atoms with E-state index in [9.17, 15) is 9.90 Å². The number of amides is 1. The number of phenolic OH excluding ortho intramolecular Hbond substituents is 1. The minimum absolute atomic E-state index is 0. The Balaban J connectivity index is 0.00000220. The van der Waals surface area contributed by atoms with Gasteiger partial charge in [0.25, 0.3) is 5.91 Å². The monoisotopic (exact) mass is 308 g/mol. The fraction of sp³-hybridized carbons (Fsp3) is 0.312. The molecule has 0 aliphatic carbocycles. The lowest BCUT2D eigenvalue weighted by molar-refractivity contribution is 0.0950. The smallest absolute Gasteiger partial charge is 0.255 e. The quantitative estimate of drug-likeness (QED) is 0.835. The lowest BCUT2D eigenvalue weighted by Crippen LogP contribution is -2.27. The van der Waals surface area contributed by atoms with Crippen LogP contribution in [0.1, 0.15) is 16.8 Å². The molecule has 0 atom stereocenters. The van der Waals surface area contributed by atoms with Gasteiger partial charge in [0.15, 0.2) is 0 Å². The van der Waals surface area contributed by atoms with Crippen molar-refractivity contribution in [2.24, 2.45) is 0 Å². The van der Waals surface area contributed by atoms with E-state index in [0.29, 0.717) is 12.1 Å². The summed E-state index contributed by atoms with van der Waals surface area (Å²) in [6, 6.07) is 11.0. The summed E-state index contributed by atoms with van der Waals surface area (Å²) in [7, 11) is 3.99. The second-order valence-electron chi connectivity index (χ2n) is 5.13. The number of hydrogen-bond donors (Lipinski definition) is 2. The molecule has 0 heterocycles. The van der Waals surface area contributed by atoms with Gasteiger partial charge in [0, 0.05) is 6.54 Å². The molecule has 1 amide bonds. The molecule has 2 rings (SSSR count). The molecule has 2 aromatic rings. The minimum atomic E-state index is -0.230. The van der Waals surface area contributed by atoms with Crippen molar-refractivity contribution in [3.05, 3.63) is 42.0 Å². The second kappa shape index (κ2) is 7.86. The number of rotatable bonds is 5. The number of hydrogen-bond acceptors (Lipinski definition) is 3. The van der Waals surface area contributed by atoms with E-state index in [0.717, 1.165) is 23.7 Å². The lowest BCUT2D eigenvalue weighted by atomic mass is 10.1. The van der Waals surface area contributed by atoms with Crippen molar-refractivity contribution in [3.63, 3.8) is 0 Å². The van der Waals surface area contributed by atoms with E-state index in [1.807, 2.05) is 38.4 Å². The molecule has 21 heavy (non-hydrogen) atoms. The Bertz CT molecular complexity index is 614. The van der Waals surface area contributed by atoms with Crippen LogP contribution in [0.4, 0.5) is 0 Å². The van der Waals surface area contributed by atoms with Gasteiger partial charge in [-0.3, -0.25) is 4.79 Å². The second-order valence-corrected chi connectivity index (χ2v) is 5.13. The third-order valence-corrected chi connectivity index (χ3v) is 3.18. The number of fused-ring (bicyclic) bond motifs is 1. The summed E-state index contributed by atoms with van der Waals surface area (Å²) >= 11 is 0. The van der Waals surface area contributed by atoms with Crippen LogP contribution < -0.4 is 5.32 Å². The first-order chi connectivity index (χ1) is 9.58. The number of aromatic hydroxyl groups is 1. The number of carbonyl (C=O) groups excluding carboxylic acids is 1. The van der Waals surface area contributed by atoms with Crippen LogP contribution in [-0.4, -0.2) is 43.1 Å². The SMILES string of the molecule is CN(C)CCCNC(=O)c1cc2ccccc2cc1O.Cl. The van der Waals surface area contributed by atoms with Crippen LogP contribution in [0.25, 0.3) is 10.8 Å². The van der Waals surface area contributed by atoms with E-state index < -0.39 is 0 Å². The van der Waals surface area contributed by atoms with Crippen LogP contribution in [0.15, 0.2) is 36.4 Å². The Kier molecular flexibility index (Phi) is 6.46. The minimum Gasteiger partial charge on any atom is -0.507 e. The first kappa shape index (κ1) is 17.3. The maximum atomic E-state index is 12.1. The predicted molar refractivity (Wildman–Crippen MR) is 88.4 cm³/mol. The summed E-state index contributed by atoms with van der Waals surface area (Å²) in [4.78, 5) is 14.1. The van der Waals surface area contributed by atoms with Crippen molar-refractivity contribution in [2.45, 2.75) is 6.42 Å². The topological polar surface area (TPSA) is 52.6 Å². The van der Waals surface area contributed by atoms with Crippen LogP contribution in [0.2, 0.25) is 0 Å². The maximum Gasteiger partial charge on any atom is 0.255 e. The third-order valence-electron chi connectivity index (χ3n) is 3.18. The van der Waals surface area contributed by atoms with Crippen LogP contribution in [0, 0.1) is 0 Å². The summed E-state index contributed by atoms with van der Waals surface area (Å²) in [6.45, 7) is 1.52. The standard InChI is InChI=1S/C16H20N2O2.ClH/c1-18(2)9-5-8-17-16(20)14-10-12-6-3-4-7-13(12)11-15(14)19;/h3-4,6-7,10-11,19H,5,8-9H2,1-2H3,(H,17,20);1H. The van der Waals surface area contributed by atoms with Gasteiger partial charge in [-0.25, -0.2) is 0 Å². The van der Waals surface area contributed by atoms with E-state index >= 15 is 0 Å². The molecule has 0 saturated carbocycles. The van der Waals surface area contributed by atoms with E-state index in [-0.39, 0.29) is 24.1 Å². The highest BCUT2D eigenvalue weighted by atomic mass is 35.5. The molecule has 0 aromatic heterocycles. The van der Waals surface area contributed by atoms with Gasteiger partial charge in [0.05, 0.1) is 5.56 Å². The molecule has 0 saturated heterocycles. The summed E-state index contributed by atoms with van der Waals surface area (Å²) in [5.74, 6) is -0.208. The fourth-order valence-corrected chi connectivity index (χ4v) is 2.10. The number of phenols is 1. The zero-order chi connectivity index (χ0) is 14.5. The van der Waals surface area contributed by atoms with Crippen LogP contribution in [0.3, 0.4) is 0 Å². The van der Waals surface area contributed by atoms with Crippen LogP contribution in [-0.2, 0) is 0 Å². The van der Waals surface area contributed by atoms with Gasteiger partial charge in [0.1, 0.15) is 5.75 Å². The van der Waals surface area contributed by atoms with Gasteiger partial charge in [0.2, 0.25) is 0 Å². The average Bonchev–Trinajstić information content (AvgIpc) is 2.42. The zero-order valence-electron chi connectivity index (χ0n) is 12.3. The molecule has 0 radical (unpaired) electrons. The summed E-state index contributed by atoms with van der Waals surface area (Å²) < 4.78 is 0. The molecule has 4 nitrogen and oxygen atoms in total. The number of nitrogens with one attached hydrogen (secondary N) is 1. The molecule has 0 spiro atoms. The summed E-state index contributed by atoms with van der Waals surface area (Å²) in [6.07, 6.45) is 0.882. The molecule has 0 aliphatic heterocycles. The lowest BCUT2D eigenvalue weighted by Gasteiger charge is -2.11. The van der Waals surface area contributed by atoms with Crippen LogP contribution >= 0.6 is 12.4 Å². The Morgan fingerprint density at radius 2 is 1.81 bits per heavy atom. The highest BCUT2D eigenvalue weighted by Crippen LogP contribution is 2.24. The largest absolute Gasteiger partial charge is 0.507 e. The Morgan fingerprint density at radius 3 is 2.43 bits per heavy atom. The normalized spacial score (nSPS) is 10.4. The van der Waals surface area contributed by atoms with Crippen LogP contribution in [0.5, 0.6) is 5.75 Å². The number of nitrogens with zero attached hydrogens (tertiary/aromatic N) is 1. The van der Waals surface area contributed by atoms with Gasteiger partial charge in [-0.2, -0.15) is 0 Å². The fourth-order valence-electron chi connectivity index (χ4n) is 2.10. The molecule has 0 unspecified atom stereocenters. The van der Waals surface area contributed by atoms with Crippen molar-refractivity contribution in [1.82, 2.24) is 10.2 Å². The molecule has 0 bridgehead atoms. The van der Waals surface area contributed by atoms with Gasteiger partial charge in [-0.15, -0.1) is 12.4 Å². The number of carbonyl (C=O) groups is 1. The highest BCUT2D eigenvalue weighted by Gasteiger charge is 2.11. The summed E-state index contributed by atoms with van der Waals surface area (Å²) in [5.41, 5.74) is 0.327. The van der Waals surface area contributed by atoms with E-state index in [4.69, 9.17) is 0 Å². The first-order valence-electron chi connectivity index (χ1n) is 6.72.